The fraction of sp³-hybridized carbons (Fsp3) is 0.640. The first kappa shape index (κ1) is 24.3. The first-order chi connectivity index (χ1) is 16.6. The first-order valence-electron chi connectivity index (χ1n) is 12.7. The third-order valence-electron chi connectivity index (χ3n) is 7.56. The number of amides is 2. The van der Waals surface area contributed by atoms with E-state index in [2.05, 4.69) is 33.0 Å². The summed E-state index contributed by atoms with van der Waals surface area (Å²) in [7, 11) is 1.75. The van der Waals surface area contributed by atoms with E-state index in [1.54, 1.807) is 7.05 Å². The van der Waals surface area contributed by atoms with Crippen LogP contribution in [0.2, 0.25) is 0 Å². The molecule has 2 heterocycles. The molecule has 2 amide bonds. The van der Waals surface area contributed by atoms with Gasteiger partial charge in [-0.3, -0.25) is 9.59 Å². The molecule has 4 rings (SSSR count). The number of hydrogen-bond donors (Lipinski definition) is 2. The van der Waals surface area contributed by atoms with Gasteiger partial charge in [0.05, 0.1) is 18.6 Å². The SMILES string of the molecule is CN[C@@H](CC[C@H](C(=O)N1CCC[C@H]1c1nnnn1Cc1ccccc1)C1CCCCC1)C(N)=O. The molecule has 1 aliphatic carbocycles. The Hall–Kier alpha value is -2.81. The van der Waals surface area contributed by atoms with Gasteiger partial charge in [0.1, 0.15) is 0 Å². The minimum Gasteiger partial charge on any atom is -0.368 e. The fourth-order valence-electron chi connectivity index (χ4n) is 5.70. The maximum Gasteiger partial charge on any atom is 0.234 e. The van der Waals surface area contributed by atoms with E-state index >= 15 is 0 Å². The lowest BCUT2D eigenvalue weighted by Gasteiger charge is -2.35. The van der Waals surface area contributed by atoms with E-state index in [1.165, 1.54) is 19.3 Å². The van der Waals surface area contributed by atoms with Crippen molar-refractivity contribution in [3.05, 3.63) is 41.7 Å². The van der Waals surface area contributed by atoms with Gasteiger partial charge in [-0.2, -0.15) is 0 Å². The topological polar surface area (TPSA) is 119 Å². The van der Waals surface area contributed by atoms with Crippen molar-refractivity contribution in [1.82, 2.24) is 30.4 Å². The Balaban J connectivity index is 1.52. The molecule has 0 unspecified atom stereocenters. The highest BCUT2D eigenvalue weighted by molar-refractivity contribution is 5.81. The molecule has 1 saturated carbocycles. The molecule has 184 valence electrons. The molecule has 2 fully saturated rings. The zero-order chi connectivity index (χ0) is 23.9. The predicted octanol–water partition coefficient (Wildman–Crippen LogP) is 2.43. The molecule has 34 heavy (non-hydrogen) atoms. The van der Waals surface area contributed by atoms with Crippen LogP contribution < -0.4 is 11.1 Å². The first-order valence-corrected chi connectivity index (χ1v) is 12.7. The molecule has 0 bridgehead atoms. The molecule has 1 aromatic carbocycles. The van der Waals surface area contributed by atoms with E-state index in [-0.39, 0.29) is 23.8 Å². The standard InChI is InChI=1S/C25H37N7O2/c1-27-21(23(26)33)15-14-20(19-11-6-3-7-12-19)25(34)31-16-8-13-22(31)24-28-29-30-32(24)17-18-9-4-2-5-10-18/h2,4-5,9-10,19-22,27H,3,6-8,11-17H2,1H3,(H2,26,33)/t20-,21-,22-/m0/s1. The second-order valence-corrected chi connectivity index (χ2v) is 9.70. The Morgan fingerprint density at radius 3 is 2.56 bits per heavy atom. The minimum atomic E-state index is -0.411. The van der Waals surface area contributed by atoms with Crippen LogP contribution in [0.15, 0.2) is 30.3 Å². The smallest absolute Gasteiger partial charge is 0.234 e. The molecule has 0 radical (unpaired) electrons. The largest absolute Gasteiger partial charge is 0.368 e. The highest BCUT2D eigenvalue weighted by atomic mass is 16.2. The van der Waals surface area contributed by atoms with Gasteiger partial charge in [0.15, 0.2) is 5.82 Å². The predicted molar refractivity (Wildman–Crippen MR) is 128 cm³/mol. The molecular weight excluding hydrogens is 430 g/mol. The van der Waals surface area contributed by atoms with Gasteiger partial charge in [-0.15, -0.1) is 5.10 Å². The monoisotopic (exact) mass is 467 g/mol. The molecule has 3 atom stereocenters. The highest BCUT2D eigenvalue weighted by Gasteiger charge is 2.40. The lowest BCUT2D eigenvalue weighted by Crippen LogP contribution is -2.43. The molecule has 1 aromatic heterocycles. The summed E-state index contributed by atoms with van der Waals surface area (Å²) in [6.45, 7) is 1.30. The van der Waals surface area contributed by atoms with Gasteiger partial charge in [-0.05, 0) is 67.5 Å². The van der Waals surface area contributed by atoms with Gasteiger partial charge in [-0.1, -0.05) is 49.6 Å². The summed E-state index contributed by atoms with van der Waals surface area (Å²) < 4.78 is 1.82. The summed E-state index contributed by atoms with van der Waals surface area (Å²) in [5, 5.41) is 15.5. The second-order valence-electron chi connectivity index (χ2n) is 9.70. The quantitative estimate of drug-likeness (QED) is 0.554. The maximum absolute atomic E-state index is 14.0. The van der Waals surface area contributed by atoms with Crippen LogP contribution in [0.25, 0.3) is 0 Å². The number of likely N-dealkylation sites (tertiary alicyclic amines) is 1. The van der Waals surface area contributed by atoms with Gasteiger partial charge < -0.3 is 16.0 Å². The van der Waals surface area contributed by atoms with E-state index in [0.29, 0.717) is 25.3 Å². The number of tetrazole rings is 1. The normalized spacial score (nSPS) is 20.9. The number of carbonyl (C=O) groups is 2. The number of nitrogens with one attached hydrogen (secondary N) is 1. The third-order valence-corrected chi connectivity index (χ3v) is 7.56. The van der Waals surface area contributed by atoms with Gasteiger partial charge >= 0.3 is 0 Å². The number of aromatic nitrogens is 4. The van der Waals surface area contributed by atoms with E-state index in [9.17, 15) is 9.59 Å². The number of hydrogen-bond acceptors (Lipinski definition) is 6. The van der Waals surface area contributed by atoms with Crippen molar-refractivity contribution in [3.8, 4) is 0 Å². The average Bonchev–Trinajstić information content (AvgIpc) is 3.52. The van der Waals surface area contributed by atoms with Crippen LogP contribution in [0, 0.1) is 11.8 Å². The number of nitrogens with zero attached hydrogens (tertiary/aromatic N) is 5. The summed E-state index contributed by atoms with van der Waals surface area (Å²) in [6.07, 6.45) is 8.74. The van der Waals surface area contributed by atoms with Crippen molar-refractivity contribution in [2.75, 3.05) is 13.6 Å². The zero-order valence-corrected chi connectivity index (χ0v) is 20.1. The van der Waals surface area contributed by atoms with Gasteiger partial charge in [0.2, 0.25) is 11.8 Å². The van der Waals surface area contributed by atoms with Crippen molar-refractivity contribution < 1.29 is 9.59 Å². The second kappa shape index (κ2) is 11.6. The Kier molecular flexibility index (Phi) is 8.26. The van der Waals surface area contributed by atoms with Crippen LogP contribution in [0.1, 0.15) is 75.2 Å². The molecule has 2 aliphatic rings. The zero-order valence-electron chi connectivity index (χ0n) is 20.1. The molecule has 9 heteroatoms. The van der Waals surface area contributed by atoms with Crippen LogP contribution in [-0.4, -0.2) is 56.6 Å². The Labute approximate surface area is 201 Å². The Morgan fingerprint density at radius 1 is 1.09 bits per heavy atom. The summed E-state index contributed by atoms with van der Waals surface area (Å²) in [6, 6.07) is 9.58. The summed E-state index contributed by atoms with van der Waals surface area (Å²) in [5.41, 5.74) is 6.68. The minimum absolute atomic E-state index is 0.102. The van der Waals surface area contributed by atoms with Crippen LogP contribution in [0.4, 0.5) is 0 Å². The van der Waals surface area contributed by atoms with E-state index in [4.69, 9.17) is 5.73 Å². The molecule has 3 N–H and O–H groups in total. The van der Waals surface area contributed by atoms with Crippen molar-refractivity contribution in [1.29, 1.82) is 0 Å². The third kappa shape index (κ3) is 5.63. The number of benzene rings is 1. The number of likely N-dealkylation sites (N-methyl/N-ethyl adjacent to an activating group) is 1. The van der Waals surface area contributed by atoms with Gasteiger partial charge in [-0.25, -0.2) is 4.68 Å². The van der Waals surface area contributed by atoms with Gasteiger partial charge in [0, 0.05) is 12.5 Å². The fourth-order valence-corrected chi connectivity index (χ4v) is 5.70. The lowest BCUT2D eigenvalue weighted by molar-refractivity contribution is -0.139. The van der Waals surface area contributed by atoms with E-state index in [0.717, 1.165) is 43.6 Å². The summed E-state index contributed by atoms with van der Waals surface area (Å²) in [5.74, 6) is 0.824. The molecule has 2 aromatic rings. The van der Waals surface area contributed by atoms with Crippen molar-refractivity contribution in [2.45, 2.75) is 76.4 Å². The van der Waals surface area contributed by atoms with Crippen molar-refractivity contribution >= 4 is 11.8 Å². The molecule has 1 aliphatic heterocycles. The number of nitrogens with two attached hydrogens (primary N) is 1. The number of primary amides is 1. The van der Waals surface area contributed by atoms with E-state index < -0.39 is 6.04 Å². The number of carbonyl (C=O) groups excluding carboxylic acids is 2. The van der Waals surface area contributed by atoms with Crippen molar-refractivity contribution in [2.24, 2.45) is 17.6 Å². The average molecular weight is 468 g/mol. The van der Waals surface area contributed by atoms with Crippen LogP contribution >= 0.6 is 0 Å². The summed E-state index contributed by atoms with van der Waals surface area (Å²) >= 11 is 0. The Morgan fingerprint density at radius 2 is 1.85 bits per heavy atom. The van der Waals surface area contributed by atoms with Gasteiger partial charge in [0.25, 0.3) is 0 Å². The van der Waals surface area contributed by atoms with Crippen LogP contribution in [-0.2, 0) is 16.1 Å². The number of rotatable bonds is 10. The Bertz CT molecular complexity index is 942. The molecule has 9 nitrogen and oxygen atoms in total. The van der Waals surface area contributed by atoms with E-state index in [1.807, 2.05) is 27.8 Å². The molecule has 1 saturated heterocycles. The summed E-state index contributed by atoms with van der Waals surface area (Å²) in [4.78, 5) is 27.8. The molecular formula is C25H37N7O2. The highest BCUT2D eigenvalue weighted by Crippen LogP contribution is 2.38. The van der Waals surface area contributed by atoms with Crippen LogP contribution in [0.3, 0.4) is 0 Å². The maximum atomic E-state index is 14.0. The molecule has 0 spiro atoms. The lowest BCUT2D eigenvalue weighted by atomic mass is 9.76. The van der Waals surface area contributed by atoms with Crippen molar-refractivity contribution in [3.63, 3.8) is 0 Å². The van der Waals surface area contributed by atoms with Crippen LogP contribution in [0.5, 0.6) is 0 Å².